The fourth-order valence-electron chi connectivity index (χ4n) is 10.9. The summed E-state index contributed by atoms with van der Waals surface area (Å²) in [5, 5.41) is 11.2. The number of halogens is 7. The molecule has 3 aliphatic heterocycles. The summed E-state index contributed by atoms with van der Waals surface area (Å²) in [7, 11) is 4.59. The number of carbonyl (C=O) groups excluding carboxylic acids is 8. The highest BCUT2D eigenvalue weighted by molar-refractivity contribution is 8.01. The van der Waals surface area contributed by atoms with Crippen molar-refractivity contribution in [2.24, 2.45) is 0 Å². The van der Waals surface area contributed by atoms with Crippen LogP contribution >= 0.6 is 80.9 Å². The van der Waals surface area contributed by atoms with Crippen LogP contribution in [0.1, 0.15) is 91.2 Å². The maximum absolute atomic E-state index is 13.5. The normalized spacial score (nSPS) is 13.2. The topological polar surface area (TPSA) is 306 Å². The number of carbonyl (C=O) groups is 8. The Morgan fingerprint density at radius 1 is 0.496 bits per heavy atom. The molecule has 121 heavy (non-hydrogen) atoms. The summed E-state index contributed by atoms with van der Waals surface area (Å²) >= 11 is 13.7. The summed E-state index contributed by atoms with van der Waals surface area (Å²) < 4.78 is 100. The van der Waals surface area contributed by atoms with Gasteiger partial charge in [0.2, 0.25) is 17.4 Å². The quantitative estimate of drug-likeness (QED) is 0.0276. The molecule has 0 spiro atoms. The summed E-state index contributed by atoms with van der Waals surface area (Å²) in [5.41, 5.74) is 3.65. The number of aldehydes is 1. The van der Waals surface area contributed by atoms with Gasteiger partial charge >= 0.3 is 24.4 Å². The summed E-state index contributed by atoms with van der Waals surface area (Å²) in [6.45, 7) is 23.5. The number of nitrogens with one attached hydrogen (secondary N) is 3. The highest BCUT2D eigenvalue weighted by Crippen LogP contribution is 2.43. The van der Waals surface area contributed by atoms with Gasteiger partial charge in [-0.05, 0) is 155 Å². The van der Waals surface area contributed by atoms with Crippen molar-refractivity contribution in [3.05, 3.63) is 187 Å². The van der Waals surface area contributed by atoms with Gasteiger partial charge in [0.15, 0.2) is 15.4 Å². The van der Waals surface area contributed by atoms with Crippen LogP contribution in [-0.2, 0) is 23.9 Å². The third-order valence-electron chi connectivity index (χ3n) is 16.6. The molecule has 40 heteroatoms. The van der Waals surface area contributed by atoms with E-state index < -0.39 is 35.4 Å². The Hall–Kier alpha value is -10.8. The van der Waals surface area contributed by atoms with Crippen molar-refractivity contribution in [2.75, 3.05) is 116 Å². The number of ether oxygens (including phenoxy) is 4. The highest BCUT2D eigenvalue weighted by Gasteiger charge is 2.44. The summed E-state index contributed by atoms with van der Waals surface area (Å²) in [6, 6.07) is 27.9. The zero-order valence-corrected chi connectivity index (χ0v) is 72.5. The molecule has 0 aliphatic carbocycles. The Morgan fingerprint density at radius 2 is 0.785 bits per heavy atom. The van der Waals surface area contributed by atoms with Crippen LogP contribution in [0.2, 0.25) is 0 Å². The van der Waals surface area contributed by atoms with Crippen LogP contribution in [0.3, 0.4) is 0 Å². The molecule has 6 amide bonds. The number of aryl methyl sites for hydroxylation is 3. The second-order valence-electron chi connectivity index (χ2n) is 26.1. The molecule has 0 bridgehead atoms. The molecule has 0 atom stereocenters. The third-order valence-corrected chi connectivity index (χ3v) is 23.3. The number of thiazole rings is 3. The van der Waals surface area contributed by atoms with Crippen LogP contribution in [0, 0.1) is 20.8 Å². The van der Waals surface area contributed by atoms with Gasteiger partial charge in [-0.25, -0.2) is 34.7 Å². The predicted molar refractivity (Wildman–Crippen MR) is 461 cm³/mol. The van der Waals surface area contributed by atoms with Crippen LogP contribution in [0.4, 0.5) is 64.0 Å². The molecule has 3 aromatic carbocycles. The lowest BCUT2D eigenvalue weighted by Crippen LogP contribution is -2.53. The standard InChI is InChI=1S/C26H31N5O4S2.C24H25N5O3S2.C23H22F3N5O3S2.C3H3ClO.C2HF3O.C2H6.CH4/c1-17-14-19(34-5)18(23(32)30-10-12-31(13-11-30)25(33)35-26(2,3)4)15-20(17)36-22-16-28-24(37-22)29-21-8-6-7-9-27-21;1-4-21(30)28-9-11-29(12-10-28)23(31)17-14-19(16(2)13-18(17)32-3)33-22-15-26-24(34-22)27-20-7-5-6-8-25-20;1-14-11-16(34-2)15(20(32)30-7-9-31(10-8-30)21(33)23(24,25)26)12-17(14)35-19-13-28-22(36-19)29-18-5-3-4-6-27-18;1-2-3(4)5;3-2(4,5)1-6;1-2;/h6-9,14-16H,10-13H2,1-5H3,(H,27,28,29);4-8,13-15H,1,9-12H2,2-3H3,(H,25,26,27);3-6,11-13H,7-10H2,1-2H3,(H,27,28,29);2H,1H2;1H;1-2H3;1H4/i;;;;;1D;. The summed E-state index contributed by atoms with van der Waals surface area (Å²) in [4.78, 5) is 132. The lowest BCUT2D eigenvalue weighted by Gasteiger charge is -2.35. The van der Waals surface area contributed by atoms with Gasteiger partial charge in [0, 0.05) is 113 Å². The Kier molecular flexibility index (Phi) is 38.1. The van der Waals surface area contributed by atoms with Crippen LogP contribution in [0.25, 0.3) is 0 Å². The number of hydrogen-bond donors (Lipinski definition) is 3. The van der Waals surface area contributed by atoms with Crippen LogP contribution in [-0.4, -0.2) is 224 Å². The second-order valence-corrected chi connectivity index (χ2v) is 33.6. The van der Waals surface area contributed by atoms with Crippen molar-refractivity contribution in [1.82, 2.24) is 59.3 Å². The van der Waals surface area contributed by atoms with Crippen molar-refractivity contribution in [1.29, 1.82) is 0 Å². The van der Waals surface area contributed by atoms with E-state index in [1.165, 1.54) is 63.9 Å². The minimum atomic E-state index is -4.93. The zero-order chi connectivity index (χ0) is 88.7. The minimum Gasteiger partial charge on any atom is -0.496 e. The first-order chi connectivity index (χ1) is 57.5. The van der Waals surface area contributed by atoms with Gasteiger partial charge in [0.05, 0.1) is 69.2 Å². The Morgan fingerprint density at radius 3 is 1.03 bits per heavy atom. The third kappa shape index (κ3) is 30.7. The molecule has 3 aliphatic rings. The van der Waals surface area contributed by atoms with E-state index in [0.717, 1.165) is 76.9 Å². The van der Waals surface area contributed by atoms with E-state index in [1.54, 1.807) is 101 Å². The molecule has 9 heterocycles. The Bertz CT molecular complexity index is 5000. The Labute approximate surface area is 728 Å². The van der Waals surface area contributed by atoms with E-state index in [-0.39, 0.29) is 63.3 Å². The van der Waals surface area contributed by atoms with Gasteiger partial charge in [-0.2, -0.15) is 26.3 Å². The fourth-order valence-corrected chi connectivity index (χ4v) is 16.7. The number of rotatable bonds is 20. The van der Waals surface area contributed by atoms with Crippen LogP contribution < -0.4 is 30.2 Å². The first kappa shape index (κ1) is 97.3. The summed E-state index contributed by atoms with van der Waals surface area (Å²) in [6.07, 6.45) is 1.83. The maximum Gasteiger partial charge on any atom is 0.471 e. The number of pyridine rings is 3. The van der Waals surface area contributed by atoms with Crippen molar-refractivity contribution < 1.29 is 85.0 Å². The molecule has 3 N–H and O–H groups in total. The molecule has 9 aromatic rings. The number of aromatic nitrogens is 6. The second kappa shape index (κ2) is 47.4. The Balaban J connectivity index is 0.000000261. The average Bonchev–Trinajstić information content (AvgIpc) is 1.03. The van der Waals surface area contributed by atoms with E-state index in [2.05, 4.69) is 59.0 Å². The molecule has 3 fully saturated rings. The largest absolute Gasteiger partial charge is 0.496 e. The number of nitrogens with zero attached hydrogens (tertiary/aromatic N) is 12. The van der Waals surface area contributed by atoms with Gasteiger partial charge in [-0.3, -0.25) is 33.6 Å². The van der Waals surface area contributed by atoms with Crippen molar-refractivity contribution in [3.8, 4) is 17.2 Å². The SMILES string of the molecule is C.C=CC(=O)Cl.C=CC(=O)N1CCN(C(=O)c2cc(Sc3cnc(Nc4ccccn4)s3)c(C)cc2OC)CC1.COc1cc(C)c(Sc2cnc(Nc3ccccn3)s2)cc1C(=O)N1CCN(C(=O)C(F)(F)F)CC1.COc1cc(C)c(Sc2cnc(Nc3ccccn3)s2)cc1C(=O)N1CCN(C(=O)OC(C)(C)C)CC1.O=CC(F)(F)F.[2H]CC. The number of allylic oxidation sites excluding steroid dienone is 1. The zero-order valence-electron chi connectivity index (χ0n) is 67.8. The van der Waals surface area contributed by atoms with Crippen molar-refractivity contribution in [3.63, 3.8) is 0 Å². The number of methoxy groups -OCH3 is 3. The van der Waals surface area contributed by atoms with Gasteiger partial charge in [-0.15, -0.1) is 0 Å². The lowest BCUT2D eigenvalue weighted by molar-refractivity contribution is -0.186. The number of benzene rings is 3. The highest BCUT2D eigenvalue weighted by atomic mass is 35.5. The monoisotopic (exact) mass is 1810 g/mol. The number of hydrogen-bond acceptors (Lipinski definition) is 27. The average molecular weight is 1810 g/mol. The molecule has 27 nitrogen and oxygen atoms in total. The summed E-state index contributed by atoms with van der Waals surface area (Å²) in [5.74, 6) is 0.992. The smallest absolute Gasteiger partial charge is 0.471 e. The van der Waals surface area contributed by atoms with Crippen LogP contribution in [0.5, 0.6) is 17.2 Å². The first-order valence-corrected chi connectivity index (χ1v) is 41.6. The molecular weight excluding hydrogens is 1720 g/mol. The minimum absolute atomic E-state index is 0. The fraction of sp³-hybridized carbons (Fsp3) is 0.333. The van der Waals surface area contributed by atoms with E-state index >= 15 is 0 Å². The van der Waals surface area contributed by atoms with Gasteiger partial charge in [-0.1, -0.05) is 122 Å². The van der Waals surface area contributed by atoms with E-state index in [1.807, 2.05) is 133 Å². The van der Waals surface area contributed by atoms with Gasteiger partial charge in [0.1, 0.15) is 40.3 Å². The molecule has 3 saturated heterocycles. The molecule has 6 aromatic heterocycles. The maximum atomic E-state index is 13.5. The molecule has 12 rings (SSSR count). The van der Waals surface area contributed by atoms with Gasteiger partial charge < -0.3 is 64.3 Å². The first-order valence-electron chi connectivity index (χ1n) is 37.0. The van der Waals surface area contributed by atoms with E-state index in [0.29, 0.717) is 104 Å². The van der Waals surface area contributed by atoms with Crippen molar-refractivity contribution in [2.45, 2.75) is 108 Å². The van der Waals surface area contributed by atoms with Gasteiger partial charge in [0.25, 0.3) is 17.7 Å². The molecule has 0 radical (unpaired) electrons. The number of amides is 6. The molecule has 648 valence electrons. The lowest BCUT2D eigenvalue weighted by atomic mass is 10.1. The number of piperazine rings is 3. The molecule has 0 unspecified atom stereocenters. The number of anilines is 6. The predicted octanol–water partition coefficient (Wildman–Crippen LogP) is 17.6. The molecule has 0 saturated carbocycles. The van der Waals surface area contributed by atoms with Crippen molar-refractivity contribution >= 4 is 161 Å². The number of alkyl halides is 6. The van der Waals surface area contributed by atoms with E-state index in [9.17, 15) is 59.9 Å². The van der Waals surface area contributed by atoms with E-state index in [4.69, 9.17) is 36.7 Å². The van der Waals surface area contributed by atoms with Crippen LogP contribution in [0.15, 0.2) is 181 Å². The molecular formula is C81H92ClF6N15O12S6.